The van der Waals surface area contributed by atoms with Gasteiger partial charge in [-0.2, -0.15) is 0 Å². The minimum absolute atomic E-state index is 0.163. The highest BCUT2D eigenvalue weighted by Crippen LogP contribution is 2.36. The van der Waals surface area contributed by atoms with Crippen LogP contribution in [0.15, 0.2) is 29.0 Å². The Morgan fingerprint density at radius 3 is 3.05 bits per heavy atom. The number of hydrogen-bond donors (Lipinski definition) is 2. The summed E-state index contributed by atoms with van der Waals surface area (Å²) in [6.45, 7) is 2.12. The third kappa shape index (κ3) is 2.05. The highest BCUT2D eigenvalue weighted by Gasteiger charge is 2.28. The Kier molecular flexibility index (Phi) is 3.35. The summed E-state index contributed by atoms with van der Waals surface area (Å²) in [7, 11) is 0. The maximum atomic E-state index is 11.6. The van der Waals surface area contributed by atoms with Crippen LogP contribution in [0.4, 0.5) is 5.69 Å². The topological polar surface area (TPSA) is 72.9 Å². The zero-order chi connectivity index (χ0) is 14.3. The molecule has 1 atom stereocenters. The molecule has 6 heteroatoms. The molecule has 1 aromatic heterocycles. The fourth-order valence-corrected chi connectivity index (χ4v) is 2.99. The largest absolute Gasteiger partial charge is 0.324 e. The molecule has 0 bridgehead atoms. The number of benzene rings is 1. The maximum Gasteiger partial charge on any atom is 0.245 e. The van der Waals surface area contributed by atoms with Gasteiger partial charge in [-0.3, -0.25) is 4.79 Å². The lowest BCUT2D eigenvalue weighted by Crippen LogP contribution is -2.19. The van der Waals surface area contributed by atoms with Crippen LogP contribution in [0.5, 0.6) is 0 Å². The molecule has 3 rings (SSSR count). The Morgan fingerprint density at radius 1 is 1.50 bits per heavy atom. The second kappa shape index (κ2) is 5.03. The SMILES string of the molecule is CCCc1nccn1-c1cc2c(cc1Br)C(N)C(=O)N2. The third-order valence-electron chi connectivity index (χ3n) is 3.44. The predicted molar refractivity (Wildman–Crippen MR) is 80.8 cm³/mol. The highest BCUT2D eigenvalue weighted by atomic mass is 79.9. The molecule has 0 aliphatic carbocycles. The van der Waals surface area contributed by atoms with Crippen molar-refractivity contribution in [2.45, 2.75) is 25.8 Å². The van der Waals surface area contributed by atoms with E-state index in [2.05, 4.69) is 33.2 Å². The molecule has 2 heterocycles. The monoisotopic (exact) mass is 334 g/mol. The van der Waals surface area contributed by atoms with Crippen molar-refractivity contribution in [1.29, 1.82) is 0 Å². The minimum Gasteiger partial charge on any atom is -0.324 e. The van der Waals surface area contributed by atoms with E-state index in [9.17, 15) is 4.79 Å². The van der Waals surface area contributed by atoms with Crippen LogP contribution in [0.3, 0.4) is 0 Å². The molecular formula is C14H15BrN4O. The van der Waals surface area contributed by atoms with Gasteiger partial charge in [-0.1, -0.05) is 6.92 Å². The lowest BCUT2D eigenvalue weighted by molar-refractivity contribution is -0.116. The lowest BCUT2D eigenvalue weighted by atomic mass is 10.1. The number of rotatable bonds is 3. The number of imidazole rings is 1. The van der Waals surface area contributed by atoms with E-state index < -0.39 is 6.04 Å². The molecule has 104 valence electrons. The van der Waals surface area contributed by atoms with Gasteiger partial charge in [0.15, 0.2) is 0 Å². The lowest BCUT2D eigenvalue weighted by Gasteiger charge is -2.12. The summed E-state index contributed by atoms with van der Waals surface area (Å²) in [6, 6.07) is 3.25. The molecule has 0 spiro atoms. The van der Waals surface area contributed by atoms with E-state index in [4.69, 9.17) is 5.73 Å². The van der Waals surface area contributed by atoms with Crippen molar-refractivity contribution >= 4 is 27.5 Å². The normalized spacial score (nSPS) is 17.1. The fraction of sp³-hybridized carbons (Fsp3) is 0.286. The summed E-state index contributed by atoms with van der Waals surface area (Å²) in [6.07, 6.45) is 5.65. The number of nitrogens with one attached hydrogen (secondary N) is 1. The number of hydrogen-bond acceptors (Lipinski definition) is 3. The van der Waals surface area contributed by atoms with Gasteiger partial charge < -0.3 is 15.6 Å². The quantitative estimate of drug-likeness (QED) is 0.905. The zero-order valence-corrected chi connectivity index (χ0v) is 12.6. The molecule has 20 heavy (non-hydrogen) atoms. The number of fused-ring (bicyclic) bond motifs is 1. The van der Waals surface area contributed by atoms with Crippen LogP contribution in [0.1, 0.15) is 30.8 Å². The summed E-state index contributed by atoms with van der Waals surface area (Å²) >= 11 is 3.56. The molecule has 1 aliphatic heterocycles. The molecule has 5 nitrogen and oxygen atoms in total. The Labute approximate surface area is 125 Å². The van der Waals surface area contributed by atoms with E-state index in [-0.39, 0.29) is 5.91 Å². The Morgan fingerprint density at radius 2 is 2.30 bits per heavy atom. The molecule has 1 amide bonds. The van der Waals surface area contributed by atoms with Crippen molar-refractivity contribution in [1.82, 2.24) is 9.55 Å². The van der Waals surface area contributed by atoms with Crippen LogP contribution >= 0.6 is 15.9 Å². The first kappa shape index (κ1) is 13.3. The summed E-state index contributed by atoms with van der Waals surface area (Å²) in [5.41, 5.74) is 8.41. The van der Waals surface area contributed by atoms with Crippen molar-refractivity contribution in [2.24, 2.45) is 5.73 Å². The van der Waals surface area contributed by atoms with Crippen LogP contribution in [-0.4, -0.2) is 15.5 Å². The van der Waals surface area contributed by atoms with Gasteiger partial charge in [0, 0.05) is 34.5 Å². The standard InChI is InChI=1S/C14H15BrN4O/c1-2-3-12-17-4-5-19(12)11-7-10-8(6-9(11)15)13(16)14(20)18-10/h4-7,13H,2-3,16H2,1H3,(H,18,20). The molecule has 1 aromatic carbocycles. The number of aromatic nitrogens is 2. The predicted octanol–water partition coefficient (Wildman–Crippen LogP) is 2.54. The summed E-state index contributed by atoms with van der Waals surface area (Å²) in [5.74, 6) is 0.838. The smallest absolute Gasteiger partial charge is 0.245 e. The average Bonchev–Trinajstić information content (AvgIpc) is 2.97. The minimum atomic E-state index is -0.590. The summed E-state index contributed by atoms with van der Waals surface area (Å²) in [5, 5.41) is 2.81. The number of carbonyl (C=O) groups excluding carboxylic acids is 1. The molecule has 0 saturated carbocycles. The van der Waals surface area contributed by atoms with E-state index in [1.807, 2.05) is 22.9 Å². The molecule has 2 aromatic rings. The summed E-state index contributed by atoms with van der Waals surface area (Å²) in [4.78, 5) is 16.0. The van der Waals surface area contributed by atoms with Crippen molar-refractivity contribution in [3.63, 3.8) is 0 Å². The fourth-order valence-electron chi connectivity index (χ4n) is 2.44. The van der Waals surface area contributed by atoms with E-state index in [1.165, 1.54) is 0 Å². The second-order valence-electron chi connectivity index (χ2n) is 4.82. The van der Waals surface area contributed by atoms with Gasteiger partial charge in [-0.25, -0.2) is 4.98 Å². The number of carbonyl (C=O) groups is 1. The van der Waals surface area contributed by atoms with Crippen molar-refractivity contribution in [3.05, 3.63) is 40.4 Å². The van der Waals surface area contributed by atoms with Crippen LogP contribution in [0, 0.1) is 0 Å². The van der Waals surface area contributed by atoms with Crippen LogP contribution in [0.25, 0.3) is 5.69 Å². The molecule has 1 aliphatic rings. The number of nitrogens with two attached hydrogens (primary N) is 1. The van der Waals surface area contributed by atoms with Gasteiger partial charge in [0.2, 0.25) is 5.91 Å². The van der Waals surface area contributed by atoms with E-state index in [1.54, 1.807) is 6.20 Å². The van der Waals surface area contributed by atoms with E-state index >= 15 is 0 Å². The maximum absolute atomic E-state index is 11.6. The highest BCUT2D eigenvalue weighted by molar-refractivity contribution is 9.10. The van der Waals surface area contributed by atoms with Gasteiger partial charge in [0.25, 0.3) is 0 Å². The number of anilines is 1. The molecule has 0 radical (unpaired) electrons. The van der Waals surface area contributed by atoms with Gasteiger partial charge in [-0.05, 0) is 34.5 Å². The first-order valence-electron chi connectivity index (χ1n) is 6.54. The Bertz CT molecular complexity index is 680. The number of amides is 1. The molecule has 1 unspecified atom stereocenters. The van der Waals surface area contributed by atoms with Crippen LogP contribution in [-0.2, 0) is 11.2 Å². The molecule has 3 N–H and O–H groups in total. The first-order chi connectivity index (χ1) is 9.61. The summed E-state index contributed by atoms with van der Waals surface area (Å²) < 4.78 is 2.93. The van der Waals surface area contributed by atoms with Crippen LogP contribution in [0.2, 0.25) is 0 Å². The molecular weight excluding hydrogens is 320 g/mol. The van der Waals surface area contributed by atoms with Crippen molar-refractivity contribution in [3.8, 4) is 5.69 Å². The Hall–Kier alpha value is -1.66. The Balaban J connectivity index is 2.10. The van der Waals surface area contributed by atoms with Gasteiger partial charge in [0.05, 0.1) is 5.69 Å². The number of aryl methyl sites for hydroxylation is 1. The first-order valence-corrected chi connectivity index (χ1v) is 7.33. The zero-order valence-electron chi connectivity index (χ0n) is 11.1. The third-order valence-corrected chi connectivity index (χ3v) is 4.08. The molecule has 0 saturated heterocycles. The van der Waals surface area contributed by atoms with E-state index in [0.29, 0.717) is 0 Å². The van der Waals surface area contributed by atoms with Gasteiger partial charge >= 0.3 is 0 Å². The van der Waals surface area contributed by atoms with Crippen molar-refractivity contribution < 1.29 is 4.79 Å². The van der Waals surface area contributed by atoms with Crippen molar-refractivity contribution in [2.75, 3.05) is 5.32 Å². The van der Waals surface area contributed by atoms with Gasteiger partial charge in [-0.15, -0.1) is 0 Å². The average molecular weight is 335 g/mol. The van der Waals surface area contributed by atoms with Gasteiger partial charge in [0.1, 0.15) is 11.9 Å². The second-order valence-corrected chi connectivity index (χ2v) is 5.68. The van der Waals surface area contributed by atoms with Crippen LogP contribution < -0.4 is 11.1 Å². The number of halogens is 1. The molecule has 0 fully saturated rings. The number of nitrogens with zero attached hydrogens (tertiary/aromatic N) is 2. The van der Waals surface area contributed by atoms with E-state index in [0.717, 1.165) is 40.1 Å².